The Hall–Kier alpha value is -0.350. The maximum atomic E-state index is 6.30. The van der Waals surface area contributed by atoms with E-state index in [-0.39, 0.29) is 0 Å². The highest BCUT2D eigenvalue weighted by molar-refractivity contribution is 9.10. The minimum absolute atomic E-state index is 0.433. The molecule has 1 heterocycles. The molecule has 0 saturated heterocycles. The van der Waals surface area contributed by atoms with E-state index in [1.807, 2.05) is 17.4 Å². The zero-order valence-corrected chi connectivity index (χ0v) is 14.0. The second-order valence-corrected chi connectivity index (χ2v) is 6.83. The van der Waals surface area contributed by atoms with Crippen LogP contribution in [0.3, 0.4) is 0 Å². The quantitative estimate of drug-likeness (QED) is 0.772. The second-order valence-electron chi connectivity index (χ2n) is 4.48. The summed E-state index contributed by atoms with van der Waals surface area (Å²) in [4.78, 5) is 1.42. The number of nitrogens with one attached hydrogen (secondary N) is 1. The van der Waals surface area contributed by atoms with E-state index in [1.165, 1.54) is 10.4 Å². The molecular weight excluding hydrogens is 342 g/mol. The van der Waals surface area contributed by atoms with Crippen molar-refractivity contribution < 1.29 is 0 Å². The summed E-state index contributed by atoms with van der Waals surface area (Å²) in [5.41, 5.74) is 1.20. The molecule has 1 nitrogen and oxygen atoms in total. The molecular formula is C15H17BrClNS. The van der Waals surface area contributed by atoms with Gasteiger partial charge in [-0.3, -0.25) is 0 Å². The van der Waals surface area contributed by atoms with Crippen LogP contribution in [0, 0.1) is 0 Å². The Morgan fingerprint density at radius 2 is 2.16 bits per heavy atom. The molecule has 0 saturated carbocycles. The lowest BCUT2D eigenvalue weighted by Gasteiger charge is -2.18. The van der Waals surface area contributed by atoms with Gasteiger partial charge < -0.3 is 5.32 Å². The van der Waals surface area contributed by atoms with Gasteiger partial charge in [0.15, 0.2) is 0 Å². The van der Waals surface area contributed by atoms with Crippen LogP contribution in [0.5, 0.6) is 0 Å². The molecule has 2 rings (SSSR count). The van der Waals surface area contributed by atoms with E-state index in [0.29, 0.717) is 6.04 Å². The highest BCUT2D eigenvalue weighted by Gasteiger charge is 2.12. The van der Waals surface area contributed by atoms with Crippen LogP contribution >= 0.6 is 38.9 Å². The Labute approximate surface area is 132 Å². The molecule has 4 heteroatoms. The molecule has 1 aromatic heterocycles. The van der Waals surface area contributed by atoms with Crippen LogP contribution < -0.4 is 5.32 Å². The molecule has 1 N–H and O–H groups in total. The Kier molecular flexibility index (Phi) is 5.89. The smallest absolute Gasteiger partial charge is 0.0449 e. The number of hydrogen-bond acceptors (Lipinski definition) is 2. The molecule has 0 aliphatic rings. The molecule has 19 heavy (non-hydrogen) atoms. The minimum Gasteiger partial charge on any atom is -0.314 e. The van der Waals surface area contributed by atoms with Gasteiger partial charge in [-0.1, -0.05) is 46.6 Å². The van der Waals surface area contributed by atoms with Crippen LogP contribution in [0.1, 0.15) is 17.4 Å². The van der Waals surface area contributed by atoms with Crippen LogP contribution in [0.4, 0.5) is 0 Å². The fourth-order valence-electron chi connectivity index (χ4n) is 2.13. The van der Waals surface area contributed by atoms with Crippen molar-refractivity contribution in [3.8, 4) is 0 Å². The van der Waals surface area contributed by atoms with Crippen molar-refractivity contribution in [3.05, 3.63) is 55.6 Å². The third-order valence-electron chi connectivity index (χ3n) is 3.00. The van der Waals surface area contributed by atoms with Crippen molar-refractivity contribution in [1.29, 1.82) is 0 Å². The Balaban J connectivity index is 2.07. The number of rotatable bonds is 6. The van der Waals surface area contributed by atoms with Crippen molar-refractivity contribution in [3.63, 3.8) is 0 Å². The number of thiophene rings is 1. The molecule has 2 aromatic rings. The number of likely N-dealkylation sites (N-methyl/N-ethyl adjacent to an activating group) is 1. The monoisotopic (exact) mass is 357 g/mol. The van der Waals surface area contributed by atoms with Gasteiger partial charge in [0.25, 0.3) is 0 Å². The fraction of sp³-hybridized carbons (Fsp3) is 0.333. The summed E-state index contributed by atoms with van der Waals surface area (Å²) in [7, 11) is 0. The van der Waals surface area contributed by atoms with Gasteiger partial charge in [-0.25, -0.2) is 0 Å². The fourth-order valence-corrected chi connectivity index (χ4v) is 3.67. The number of benzene rings is 1. The molecule has 0 aliphatic carbocycles. The van der Waals surface area contributed by atoms with Crippen LogP contribution in [-0.2, 0) is 12.8 Å². The van der Waals surface area contributed by atoms with Crippen LogP contribution in [0.25, 0.3) is 0 Å². The third kappa shape index (κ3) is 4.60. The van der Waals surface area contributed by atoms with Gasteiger partial charge in [0, 0.05) is 20.4 Å². The largest absolute Gasteiger partial charge is 0.314 e. The lowest BCUT2D eigenvalue weighted by Crippen LogP contribution is -2.32. The lowest BCUT2D eigenvalue weighted by molar-refractivity contribution is 0.524. The Morgan fingerprint density at radius 1 is 1.32 bits per heavy atom. The van der Waals surface area contributed by atoms with Gasteiger partial charge in [0.1, 0.15) is 0 Å². The van der Waals surface area contributed by atoms with Gasteiger partial charge in [0.2, 0.25) is 0 Å². The van der Waals surface area contributed by atoms with Crippen molar-refractivity contribution in [1.82, 2.24) is 5.32 Å². The predicted octanol–water partition coefficient (Wildman–Crippen LogP) is 4.93. The SMILES string of the molecule is CCNC(Cc1cccs1)Cc1ccc(Br)cc1Cl. The molecule has 1 aromatic carbocycles. The first-order chi connectivity index (χ1) is 9.19. The summed E-state index contributed by atoms with van der Waals surface area (Å²) in [5, 5.41) is 6.51. The maximum absolute atomic E-state index is 6.30. The van der Waals surface area contributed by atoms with Crippen molar-refractivity contribution in [2.75, 3.05) is 6.54 Å². The van der Waals surface area contributed by atoms with E-state index in [1.54, 1.807) is 0 Å². The molecule has 0 fully saturated rings. The predicted molar refractivity (Wildman–Crippen MR) is 88.3 cm³/mol. The van der Waals surface area contributed by atoms with E-state index < -0.39 is 0 Å². The normalized spacial score (nSPS) is 12.6. The topological polar surface area (TPSA) is 12.0 Å². The second kappa shape index (κ2) is 7.44. The zero-order valence-electron chi connectivity index (χ0n) is 10.8. The van der Waals surface area contributed by atoms with Crippen LogP contribution in [0.2, 0.25) is 5.02 Å². The van der Waals surface area contributed by atoms with E-state index in [9.17, 15) is 0 Å². The van der Waals surface area contributed by atoms with Crippen molar-refractivity contribution in [2.24, 2.45) is 0 Å². The van der Waals surface area contributed by atoms with E-state index in [4.69, 9.17) is 11.6 Å². The lowest BCUT2D eigenvalue weighted by atomic mass is 10.0. The molecule has 1 unspecified atom stereocenters. The van der Waals surface area contributed by atoms with Gasteiger partial charge in [-0.05, 0) is 48.5 Å². The van der Waals surface area contributed by atoms with Gasteiger partial charge >= 0.3 is 0 Å². The Morgan fingerprint density at radius 3 is 2.79 bits per heavy atom. The summed E-state index contributed by atoms with van der Waals surface area (Å²) < 4.78 is 1.03. The number of halogens is 2. The first kappa shape index (κ1) is 15.0. The zero-order chi connectivity index (χ0) is 13.7. The molecule has 0 bridgehead atoms. The molecule has 0 radical (unpaired) electrons. The summed E-state index contributed by atoms with van der Waals surface area (Å²) in [6, 6.07) is 10.8. The van der Waals surface area contributed by atoms with Crippen molar-refractivity contribution in [2.45, 2.75) is 25.8 Å². The standard InChI is InChI=1S/C15H17BrClNS/c1-2-18-13(10-14-4-3-7-19-14)8-11-5-6-12(16)9-15(11)17/h3-7,9,13,18H,2,8,10H2,1H3. The maximum Gasteiger partial charge on any atom is 0.0449 e. The number of hydrogen-bond donors (Lipinski definition) is 1. The highest BCUT2D eigenvalue weighted by atomic mass is 79.9. The highest BCUT2D eigenvalue weighted by Crippen LogP contribution is 2.23. The third-order valence-corrected chi connectivity index (χ3v) is 4.75. The van der Waals surface area contributed by atoms with E-state index in [2.05, 4.69) is 57.8 Å². The Bertz CT molecular complexity index is 513. The van der Waals surface area contributed by atoms with Gasteiger partial charge in [-0.2, -0.15) is 0 Å². The molecule has 0 aliphatic heterocycles. The summed E-state index contributed by atoms with van der Waals surface area (Å²) in [5.74, 6) is 0. The summed E-state index contributed by atoms with van der Waals surface area (Å²) in [6.45, 7) is 3.12. The average molecular weight is 359 g/mol. The van der Waals surface area contributed by atoms with Gasteiger partial charge in [0.05, 0.1) is 0 Å². The summed E-state index contributed by atoms with van der Waals surface area (Å²) in [6.07, 6.45) is 2.01. The van der Waals surface area contributed by atoms with E-state index in [0.717, 1.165) is 28.9 Å². The average Bonchev–Trinajstić information content (AvgIpc) is 2.86. The van der Waals surface area contributed by atoms with E-state index >= 15 is 0 Å². The van der Waals surface area contributed by atoms with Crippen LogP contribution in [-0.4, -0.2) is 12.6 Å². The molecule has 0 spiro atoms. The molecule has 102 valence electrons. The molecule has 0 amide bonds. The molecule has 1 atom stereocenters. The summed E-state index contributed by atoms with van der Waals surface area (Å²) >= 11 is 11.6. The van der Waals surface area contributed by atoms with Crippen LogP contribution in [0.15, 0.2) is 40.2 Å². The van der Waals surface area contributed by atoms with Gasteiger partial charge in [-0.15, -0.1) is 11.3 Å². The first-order valence-corrected chi connectivity index (χ1v) is 8.43. The minimum atomic E-state index is 0.433. The van der Waals surface area contributed by atoms with Crippen molar-refractivity contribution >= 4 is 38.9 Å². The first-order valence-electron chi connectivity index (χ1n) is 6.38.